The molecule has 0 atom stereocenters. The molecule has 0 spiro atoms. The van der Waals surface area contributed by atoms with Gasteiger partial charge in [0.15, 0.2) is 6.29 Å². The van der Waals surface area contributed by atoms with E-state index in [1.54, 1.807) is 17.4 Å². The van der Waals surface area contributed by atoms with Gasteiger partial charge >= 0.3 is 0 Å². The number of anilines is 1. The third-order valence-corrected chi connectivity index (χ3v) is 3.52. The first-order valence-corrected chi connectivity index (χ1v) is 6.14. The molecule has 0 aliphatic carbocycles. The van der Waals surface area contributed by atoms with Crippen LogP contribution in [0.15, 0.2) is 23.6 Å². The molecule has 0 saturated carbocycles. The van der Waals surface area contributed by atoms with Crippen LogP contribution in [0.1, 0.15) is 20.1 Å². The van der Waals surface area contributed by atoms with Crippen molar-refractivity contribution in [1.29, 1.82) is 0 Å². The summed E-state index contributed by atoms with van der Waals surface area (Å²) in [5, 5.41) is 2.83. The lowest BCUT2D eigenvalue weighted by molar-refractivity contribution is 0.112. The van der Waals surface area contributed by atoms with E-state index in [0.717, 1.165) is 16.2 Å². The second-order valence-electron chi connectivity index (χ2n) is 3.04. The van der Waals surface area contributed by atoms with Crippen LogP contribution in [0.5, 0.6) is 0 Å². The minimum absolute atomic E-state index is 0.792. The molecule has 80 valence electrons. The van der Waals surface area contributed by atoms with E-state index in [1.165, 1.54) is 21.8 Å². The fraction of sp³-hybridized carbons (Fsp3) is 0.182. The first-order valence-electron chi connectivity index (χ1n) is 4.44. The average molecular weight is 239 g/mol. The van der Waals surface area contributed by atoms with Crippen LogP contribution in [0.3, 0.4) is 0 Å². The third-order valence-electron chi connectivity index (χ3n) is 1.74. The molecule has 15 heavy (non-hydrogen) atoms. The molecule has 2 heterocycles. The summed E-state index contributed by atoms with van der Waals surface area (Å²) in [6.07, 6.45) is 0.852. The average Bonchev–Trinajstić information content (AvgIpc) is 2.78. The minimum atomic E-state index is 0.792. The molecule has 0 fully saturated rings. The monoisotopic (exact) mass is 239 g/mol. The normalized spacial score (nSPS) is 9.20. The molecule has 4 heteroatoms. The molecule has 0 bridgehead atoms. The van der Waals surface area contributed by atoms with Gasteiger partial charge in [0.2, 0.25) is 0 Å². The number of nitrogens with two attached hydrogens (primary N) is 1. The van der Waals surface area contributed by atoms with Crippen molar-refractivity contribution in [3.05, 3.63) is 38.9 Å². The predicted octanol–water partition coefficient (Wildman–Crippen LogP) is 3.51. The second kappa shape index (κ2) is 5.68. The van der Waals surface area contributed by atoms with Gasteiger partial charge in [0.1, 0.15) is 0 Å². The lowest BCUT2D eigenvalue weighted by atomic mass is 10.3. The summed E-state index contributed by atoms with van der Waals surface area (Å²) in [6, 6.07) is 5.74. The van der Waals surface area contributed by atoms with Crippen LogP contribution in [0, 0.1) is 13.8 Å². The zero-order valence-corrected chi connectivity index (χ0v) is 10.3. The molecular formula is C11H13NOS2. The molecule has 0 amide bonds. The van der Waals surface area contributed by atoms with Gasteiger partial charge < -0.3 is 5.73 Å². The van der Waals surface area contributed by atoms with Crippen molar-refractivity contribution in [1.82, 2.24) is 0 Å². The fourth-order valence-electron chi connectivity index (χ4n) is 1.02. The van der Waals surface area contributed by atoms with Crippen molar-refractivity contribution in [2.75, 3.05) is 5.73 Å². The van der Waals surface area contributed by atoms with Crippen molar-refractivity contribution in [3.8, 4) is 0 Å². The summed E-state index contributed by atoms with van der Waals surface area (Å²) in [6.45, 7) is 4.09. The summed E-state index contributed by atoms with van der Waals surface area (Å²) in [5.74, 6) is 0. The van der Waals surface area contributed by atoms with Crippen LogP contribution in [-0.4, -0.2) is 6.29 Å². The number of hydrogen-bond acceptors (Lipinski definition) is 4. The maximum absolute atomic E-state index is 9.88. The summed E-state index contributed by atoms with van der Waals surface area (Å²) < 4.78 is 0. The van der Waals surface area contributed by atoms with Gasteiger partial charge in [-0.05, 0) is 36.9 Å². The Morgan fingerprint density at radius 1 is 1.40 bits per heavy atom. The topological polar surface area (TPSA) is 43.1 Å². The maximum atomic E-state index is 9.88. The number of carbonyl (C=O) groups is 1. The molecule has 2 aromatic heterocycles. The van der Waals surface area contributed by atoms with Gasteiger partial charge in [-0.15, -0.1) is 22.7 Å². The minimum Gasteiger partial charge on any atom is -0.390 e. The highest BCUT2D eigenvalue weighted by Gasteiger charge is 1.94. The van der Waals surface area contributed by atoms with Gasteiger partial charge in [-0.2, -0.15) is 0 Å². The van der Waals surface area contributed by atoms with E-state index in [9.17, 15) is 4.79 Å². The van der Waals surface area contributed by atoms with E-state index in [4.69, 9.17) is 5.73 Å². The molecule has 0 aromatic carbocycles. The van der Waals surface area contributed by atoms with Crippen molar-refractivity contribution in [3.63, 3.8) is 0 Å². The number of nitrogen functional groups attached to an aromatic ring is 1. The second-order valence-corrected chi connectivity index (χ2v) is 5.30. The SMILES string of the molecule is Cc1cc(C)c(N)s1.O=Cc1cccs1. The van der Waals surface area contributed by atoms with Crippen LogP contribution >= 0.6 is 22.7 Å². The van der Waals surface area contributed by atoms with Gasteiger partial charge in [0.05, 0.1) is 9.88 Å². The highest BCUT2D eigenvalue weighted by Crippen LogP contribution is 2.22. The van der Waals surface area contributed by atoms with Gasteiger partial charge in [0.25, 0.3) is 0 Å². The quantitative estimate of drug-likeness (QED) is 0.774. The Balaban J connectivity index is 0.000000151. The van der Waals surface area contributed by atoms with Gasteiger partial charge in [-0.3, -0.25) is 4.79 Å². The van der Waals surface area contributed by atoms with Crippen LogP contribution in [0.4, 0.5) is 5.00 Å². The molecule has 2 rings (SSSR count). The van der Waals surface area contributed by atoms with Crippen LogP contribution in [0.2, 0.25) is 0 Å². The van der Waals surface area contributed by atoms with Gasteiger partial charge in [0, 0.05) is 4.88 Å². The van der Waals surface area contributed by atoms with E-state index in [1.807, 2.05) is 18.4 Å². The van der Waals surface area contributed by atoms with E-state index < -0.39 is 0 Å². The number of aryl methyl sites for hydroxylation is 2. The van der Waals surface area contributed by atoms with E-state index in [-0.39, 0.29) is 0 Å². The first-order chi connectivity index (χ1) is 7.13. The maximum Gasteiger partial charge on any atom is 0.159 e. The first kappa shape index (κ1) is 11.9. The summed E-state index contributed by atoms with van der Waals surface area (Å²) in [7, 11) is 0. The number of rotatable bonds is 1. The van der Waals surface area contributed by atoms with Crippen LogP contribution in [-0.2, 0) is 0 Å². The predicted molar refractivity (Wildman–Crippen MR) is 67.9 cm³/mol. The molecule has 0 aliphatic rings. The van der Waals surface area contributed by atoms with E-state index in [0.29, 0.717) is 0 Å². The zero-order chi connectivity index (χ0) is 11.3. The zero-order valence-electron chi connectivity index (χ0n) is 8.69. The highest BCUT2D eigenvalue weighted by molar-refractivity contribution is 7.16. The van der Waals surface area contributed by atoms with E-state index in [2.05, 4.69) is 13.0 Å². The Labute approximate surface area is 97.4 Å². The molecule has 2 N–H and O–H groups in total. The standard InChI is InChI=1S/C6H9NS.C5H4OS/c1-4-3-5(2)8-6(4)7;6-4-5-2-1-3-7-5/h3H,7H2,1-2H3;1-4H. The number of aldehydes is 1. The third kappa shape index (κ3) is 3.85. The number of thiophene rings is 2. The van der Waals surface area contributed by atoms with Gasteiger partial charge in [-0.1, -0.05) is 6.07 Å². The lowest BCUT2D eigenvalue weighted by Crippen LogP contribution is -1.78. The molecule has 2 aromatic rings. The van der Waals surface area contributed by atoms with Crippen LogP contribution in [0.25, 0.3) is 0 Å². The van der Waals surface area contributed by atoms with Crippen molar-refractivity contribution in [2.24, 2.45) is 0 Å². The molecule has 0 saturated heterocycles. The van der Waals surface area contributed by atoms with Crippen molar-refractivity contribution >= 4 is 34.0 Å². The molecule has 0 radical (unpaired) electrons. The van der Waals surface area contributed by atoms with E-state index >= 15 is 0 Å². The smallest absolute Gasteiger partial charge is 0.159 e. The summed E-state index contributed by atoms with van der Waals surface area (Å²) in [4.78, 5) is 12.0. The Bertz CT molecular complexity index is 398. The molecule has 2 nitrogen and oxygen atoms in total. The Morgan fingerprint density at radius 2 is 2.13 bits per heavy atom. The number of hydrogen-bond donors (Lipinski definition) is 1. The Hall–Kier alpha value is -1.13. The lowest BCUT2D eigenvalue weighted by Gasteiger charge is -1.80. The Kier molecular flexibility index (Phi) is 4.52. The van der Waals surface area contributed by atoms with Crippen molar-refractivity contribution < 1.29 is 4.79 Å². The largest absolute Gasteiger partial charge is 0.390 e. The molecule has 0 aliphatic heterocycles. The highest BCUT2D eigenvalue weighted by atomic mass is 32.1. The Morgan fingerprint density at radius 3 is 2.33 bits per heavy atom. The molecular weight excluding hydrogens is 226 g/mol. The van der Waals surface area contributed by atoms with Crippen LogP contribution < -0.4 is 5.73 Å². The van der Waals surface area contributed by atoms with Gasteiger partial charge in [-0.25, -0.2) is 0 Å². The van der Waals surface area contributed by atoms with Crippen molar-refractivity contribution in [2.45, 2.75) is 13.8 Å². The fourth-order valence-corrected chi connectivity index (χ4v) is 2.35. The molecule has 0 unspecified atom stereocenters. The summed E-state index contributed by atoms with van der Waals surface area (Å²) in [5.41, 5.74) is 6.76. The number of carbonyl (C=O) groups excluding carboxylic acids is 1. The summed E-state index contributed by atoms with van der Waals surface area (Å²) >= 11 is 3.10.